The van der Waals surface area contributed by atoms with Crippen LogP contribution in [0.5, 0.6) is 0 Å². The summed E-state index contributed by atoms with van der Waals surface area (Å²) >= 11 is 0. The fourth-order valence-electron chi connectivity index (χ4n) is 5.13. The van der Waals surface area contributed by atoms with Gasteiger partial charge in [0.15, 0.2) is 0 Å². The number of carbonyl (C=O) groups is 2. The van der Waals surface area contributed by atoms with Gasteiger partial charge in [-0.15, -0.1) is 0 Å². The van der Waals surface area contributed by atoms with Crippen molar-refractivity contribution in [3.8, 4) is 0 Å². The lowest BCUT2D eigenvalue weighted by molar-refractivity contribution is -0.141. The van der Waals surface area contributed by atoms with Crippen LogP contribution in [-0.4, -0.2) is 110 Å². The van der Waals surface area contributed by atoms with Gasteiger partial charge in [-0.25, -0.2) is 4.79 Å². The van der Waals surface area contributed by atoms with E-state index in [1.165, 1.54) is 12.7 Å². The molecule has 1 amide bonds. The summed E-state index contributed by atoms with van der Waals surface area (Å²) in [6.45, 7) is 9.99. The molecule has 0 spiro atoms. The highest BCUT2D eigenvalue weighted by Gasteiger charge is 2.35. The van der Waals surface area contributed by atoms with Crippen molar-refractivity contribution in [2.75, 3.05) is 72.6 Å². The molecule has 4 rings (SSSR count). The van der Waals surface area contributed by atoms with E-state index in [1.54, 1.807) is 0 Å². The number of nitrogens with zero attached hydrogens (tertiary/aromatic N) is 4. The third-order valence-corrected chi connectivity index (χ3v) is 7.17. The van der Waals surface area contributed by atoms with Gasteiger partial charge in [0.1, 0.15) is 6.10 Å². The van der Waals surface area contributed by atoms with E-state index in [-0.39, 0.29) is 18.2 Å². The molecule has 8 heteroatoms. The molecule has 1 aromatic rings. The number of methoxy groups -OCH3 is 1. The highest BCUT2D eigenvalue weighted by molar-refractivity contribution is 5.70. The zero-order valence-corrected chi connectivity index (χ0v) is 19.9. The van der Waals surface area contributed by atoms with Crippen LogP contribution < -0.4 is 0 Å². The maximum Gasteiger partial charge on any atom is 0.410 e. The number of piperazine rings is 1. The lowest BCUT2D eigenvalue weighted by atomic mass is 9.96. The van der Waals surface area contributed by atoms with Crippen LogP contribution in [0, 0.1) is 5.92 Å². The molecule has 3 heterocycles. The van der Waals surface area contributed by atoms with Crippen LogP contribution in [0.2, 0.25) is 0 Å². The van der Waals surface area contributed by atoms with Crippen molar-refractivity contribution in [2.24, 2.45) is 5.92 Å². The van der Waals surface area contributed by atoms with E-state index in [0.717, 1.165) is 78.3 Å². The van der Waals surface area contributed by atoms with E-state index < -0.39 is 0 Å². The highest BCUT2D eigenvalue weighted by Crippen LogP contribution is 2.23. The van der Waals surface area contributed by atoms with Gasteiger partial charge in [0.05, 0.1) is 20.1 Å². The van der Waals surface area contributed by atoms with E-state index >= 15 is 0 Å². The number of piperidine rings is 1. The molecule has 0 aliphatic carbocycles. The minimum absolute atomic E-state index is 0.0442. The first kappa shape index (κ1) is 24.0. The topological polar surface area (TPSA) is 65.6 Å². The molecule has 1 unspecified atom stereocenters. The first-order valence-electron chi connectivity index (χ1n) is 12.3. The monoisotopic (exact) mass is 458 g/mol. The zero-order valence-electron chi connectivity index (χ0n) is 19.9. The fraction of sp³-hybridized carbons (Fsp3) is 0.680. The van der Waals surface area contributed by atoms with Crippen LogP contribution in [0.15, 0.2) is 30.3 Å². The number of benzene rings is 1. The Kier molecular flexibility index (Phi) is 8.58. The van der Waals surface area contributed by atoms with Gasteiger partial charge in [0.25, 0.3) is 0 Å². The number of cyclic esters (lactones) is 1. The molecule has 182 valence electrons. The highest BCUT2D eigenvalue weighted by atomic mass is 16.6. The van der Waals surface area contributed by atoms with E-state index in [9.17, 15) is 9.59 Å². The molecule has 0 saturated carbocycles. The number of rotatable bonds is 9. The number of hydrogen-bond donors (Lipinski definition) is 0. The number of likely N-dealkylation sites (tertiary alicyclic amines) is 1. The average Bonchev–Trinajstić information content (AvgIpc) is 3.18. The lowest BCUT2D eigenvalue weighted by Crippen LogP contribution is -2.49. The molecule has 1 atom stereocenters. The average molecular weight is 459 g/mol. The van der Waals surface area contributed by atoms with Gasteiger partial charge in [-0.1, -0.05) is 30.3 Å². The van der Waals surface area contributed by atoms with Crippen molar-refractivity contribution in [3.63, 3.8) is 0 Å². The molecule has 8 nitrogen and oxygen atoms in total. The van der Waals surface area contributed by atoms with Gasteiger partial charge < -0.3 is 19.3 Å². The van der Waals surface area contributed by atoms with E-state index in [4.69, 9.17) is 9.47 Å². The summed E-state index contributed by atoms with van der Waals surface area (Å²) in [5, 5.41) is 0. The van der Waals surface area contributed by atoms with Gasteiger partial charge in [-0.3, -0.25) is 14.6 Å². The largest absolute Gasteiger partial charge is 0.469 e. The van der Waals surface area contributed by atoms with Gasteiger partial charge >= 0.3 is 12.1 Å². The minimum atomic E-state index is -0.155. The third-order valence-electron chi connectivity index (χ3n) is 7.17. The molecule has 0 aromatic heterocycles. The molecule has 0 radical (unpaired) electrons. The summed E-state index contributed by atoms with van der Waals surface area (Å²) in [6, 6.07) is 10.6. The predicted molar refractivity (Wildman–Crippen MR) is 126 cm³/mol. The number of carbonyl (C=O) groups excluding carboxylic acids is 2. The van der Waals surface area contributed by atoms with Crippen molar-refractivity contribution < 1.29 is 19.1 Å². The number of ether oxygens (including phenoxy) is 2. The van der Waals surface area contributed by atoms with Crippen molar-refractivity contribution in [1.29, 1.82) is 0 Å². The fourth-order valence-corrected chi connectivity index (χ4v) is 5.13. The molecule has 3 aliphatic heterocycles. The molecular formula is C25H38N4O4. The smallest absolute Gasteiger partial charge is 0.410 e. The van der Waals surface area contributed by atoms with Gasteiger partial charge in [-0.05, 0) is 37.4 Å². The Morgan fingerprint density at radius 1 is 0.970 bits per heavy atom. The molecule has 0 bridgehead atoms. The van der Waals surface area contributed by atoms with Crippen LogP contribution in [-0.2, 0) is 20.8 Å². The molecule has 1 aromatic carbocycles. The second-order valence-electron chi connectivity index (χ2n) is 9.58. The second-order valence-corrected chi connectivity index (χ2v) is 9.58. The standard InChI is InChI=1S/C25H38N4O4/c1-32-24(30)9-12-26-13-15-28(16-14-26)19-23-20-29(25(31)33-23)18-22-7-10-27(11-8-22)17-21-5-3-2-4-6-21/h2-6,22-23H,7-20H2,1H3. The van der Waals surface area contributed by atoms with Crippen LogP contribution in [0.1, 0.15) is 24.8 Å². The van der Waals surface area contributed by atoms with Gasteiger partial charge in [0.2, 0.25) is 0 Å². The van der Waals surface area contributed by atoms with Gasteiger partial charge in [0, 0.05) is 52.4 Å². The number of esters is 1. The van der Waals surface area contributed by atoms with Crippen molar-refractivity contribution in [3.05, 3.63) is 35.9 Å². The molecule has 33 heavy (non-hydrogen) atoms. The number of hydrogen-bond acceptors (Lipinski definition) is 7. The van der Waals surface area contributed by atoms with Crippen molar-refractivity contribution >= 4 is 12.1 Å². The third kappa shape index (κ3) is 7.16. The molecular weight excluding hydrogens is 420 g/mol. The lowest BCUT2D eigenvalue weighted by Gasteiger charge is -2.35. The van der Waals surface area contributed by atoms with Crippen LogP contribution in [0.3, 0.4) is 0 Å². The van der Waals surface area contributed by atoms with Crippen LogP contribution in [0.25, 0.3) is 0 Å². The first-order chi connectivity index (χ1) is 16.1. The summed E-state index contributed by atoms with van der Waals surface area (Å²) in [6.07, 6.45) is 2.52. The maximum absolute atomic E-state index is 12.5. The van der Waals surface area contributed by atoms with Crippen LogP contribution in [0.4, 0.5) is 4.79 Å². The van der Waals surface area contributed by atoms with E-state index in [2.05, 4.69) is 45.0 Å². The molecule has 3 aliphatic rings. The second kappa shape index (κ2) is 11.8. The summed E-state index contributed by atoms with van der Waals surface area (Å²) < 4.78 is 10.4. The van der Waals surface area contributed by atoms with Crippen LogP contribution >= 0.6 is 0 Å². The summed E-state index contributed by atoms with van der Waals surface area (Å²) in [5.74, 6) is 0.402. The summed E-state index contributed by atoms with van der Waals surface area (Å²) in [7, 11) is 1.43. The molecule has 0 N–H and O–H groups in total. The Morgan fingerprint density at radius 2 is 1.67 bits per heavy atom. The van der Waals surface area contributed by atoms with Crippen molar-refractivity contribution in [2.45, 2.75) is 31.9 Å². The Bertz CT molecular complexity index is 761. The van der Waals surface area contributed by atoms with E-state index in [0.29, 0.717) is 18.9 Å². The van der Waals surface area contributed by atoms with Gasteiger partial charge in [-0.2, -0.15) is 0 Å². The Hall–Kier alpha value is -2.16. The Morgan fingerprint density at radius 3 is 2.36 bits per heavy atom. The first-order valence-corrected chi connectivity index (χ1v) is 12.3. The summed E-state index contributed by atoms with van der Waals surface area (Å²) in [5.41, 5.74) is 1.37. The minimum Gasteiger partial charge on any atom is -0.469 e. The Labute approximate surface area is 197 Å². The number of amides is 1. The van der Waals surface area contributed by atoms with E-state index in [1.807, 2.05) is 4.90 Å². The summed E-state index contributed by atoms with van der Waals surface area (Å²) in [4.78, 5) is 32.9. The Balaban J connectivity index is 1.13. The zero-order chi connectivity index (χ0) is 23.0. The predicted octanol–water partition coefficient (Wildman–Crippen LogP) is 1.90. The maximum atomic E-state index is 12.5. The molecule has 3 saturated heterocycles. The SMILES string of the molecule is COC(=O)CCN1CCN(CC2CN(CC3CCN(Cc4ccccc4)CC3)C(=O)O2)CC1. The molecule has 3 fully saturated rings. The van der Waals surface area contributed by atoms with Crippen molar-refractivity contribution in [1.82, 2.24) is 19.6 Å². The quantitative estimate of drug-likeness (QED) is 0.524. The normalized spacial score (nSPS) is 23.6.